The van der Waals surface area contributed by atoms with E-state index >= 15 is 0 Å². The second-order valence-electron chi connectivity index (χ2n) is 4.93. The number of nitrogens with zero attached hydrogens (tertiary/aromatic N) is 2. The molecule has 3 nitrogen and oxygen atoms in total. The number of hydrogen-bond acceptors (Lipinski definition) is 2. The fourth-order valence-electron chi connectivity index (χ4n) is 2.28. The van der Waals surface area contributed by atoms with Gasteiger partial charge in [-0.2, -0.15) is 5.10 Å². The van der Waals surface area contributed by atoms with Crippen molar-refractivity contribution in [1.82, 2.24) is 15.1 Å². The highest BCUT2D eigenvalue weighted by Crippen LogP contribution is 2.26. The molecule has 0 saturated heterocycles. The van der Waals surface area contributed by atoms with Crippen LogP contribution in [0.1, 0.15) is 22.4 Å². The second-order valence-corrected chi connectivity index (χ2v) is 4.93. The van der Waals surface area contributed by atoms with Crippen molar-refractivity contribution >= 4 is 0 Å². The minimum absolute atomic E-state index is 0.803. The molecule has 0 unspecified atom stereocenters. The van der Waals surface area contributed by atoms with Gasteiger partial charge in [-0.25, -0.2) is 0 Å². The van der Waals surface area contributed by atoms with Crippen molar-refractivity contribution in [2.45, 2.75) is 27.3 Å². The zero-order valence-corrected chi connectivity index (χ0v) is 11.8. The third-order valence-corrected chi connectivity index (χ3v) is 3.40. The van der Waals surface area contributed by atoms with Crippen LogP contribution in [0.5, 0.6) is 0 Å². The Bertz CT molecular complexity index is 567. The van der Waals surface area contributed by atoms with Gasteiger partial charge < -0.3 is 5.32 Å². The average Bonchev–Trinajstić information content (AvgIpc) is 2.65. The predicted molar refractivity (Wildman–Crippen MR) is 75.6 cm³/mol. The number of benzene rings is 1. The molecule has 0 bridgehead atoms. The van der Waals surface area contributed by atoms with E-state index in [0.717, 1.165) is 12.2 Å². The molecule has 0 radical (unpaired) electrons. The van der Waals surface area contributed by atoms with Crippen LogP contribution in [0.3, 0.4) is 0 Å². The van der Waals surface area contributed by atoms with Crippen LogP contribution in [0.15, 0.2) is 18.2 Å². The highest BCUT2D eigenvalue weighted by molar-refractivity contribution is 5.66. The number of aryl methyl sites for hydroxylation is 4. The van der Waals surface area contributed by atoms with Crippen LogP contribution in [0, 0.1) is 20.8 Å². The van der Waals surface area contributed by atoms with E-state index in [9.17, 15) is 0 Å². The summed E-state index contributed by atoms with van der Waals surface area (Å²) in [6.45, 7) is 7.27. The largest absolute Gasteiger partial charge is 0.314 e. The summed E-state index contributed by atoms with van der Waals surface area (Å²) in [6.07, 6.45) is 0. The molecule has 1 heterocycles. The van der Waals surface area contributed by atoms with E-state index in [2.05, 4.69) is 49.4 Å². The zero-order valence-electron chi connectivity index (χ0n) is 11.8. The Morgan fingerprint density at radius 1 is 1.06 bits per heavy atom. The molecule has 96 valence electrons. The fraction of sp³-hybridized carbons (Fsp3) is 0.400. The molecule has 0 aliphatic heterocycles. The molecule has 0 aliphatic carbocycles. The van der Waals surface area contributed by atoms with E-state index in [4.69, 9.17) is 0 Å². The van der Waals surface area contributed by atoms with E-state index in [1.54, 1.807) is 0 Å². The molecule has 18 heavy (non-hydrogen) atoms. The van der Waals surface area contributed by atoms with Crippen LogP contribution >= 0.6 is 0 Å². The maximum absolute atomic E-state index is 4.52. The molecule has 0 fully saturated rings. The van der Waals surface area contributed by atoms with Crippen molar-refractivity contribution in [3.8, 4) is 11.3 Å². The Morgan fingerprint density at radius 2 is 1.72 bits per heavy atom. The lowest BCUT2D eigenvalue weighted by molar-refractivity contribution is 0.716. The van der Waals surface area contributed by atoms with E-state index in [1.807, 2.05) is 18.8 Å². The predicted octanol–water partition coefficient (Wildman–Crippen LogP) is 2.73. The number of hydrogen-bond donors (Lipinski definition) is 1. The van der Waals surface area contributed by atoms with Crippen LogP contribution in [-0.4, -0.2) is 16.8 Å². The van der Waals surface area contributed by atoms with E-state index in [-0.39, 0.29) is 0 Å². The van der Waals surface area contributed by atoms with Gasteiger partial charge in [0.05, 0.1) is 11.4 Å². The van der Waals surface area contributed by atoms with Crippen molar-refractivity contribution in [2.75, 3.05) is 7.05 Å². The van der Waals surface area contributed by atoms with Crippen LogP contribution in [0.2, 0.25) is 0 Å². The molecule has 3 heteroatoms. The van der Waals surface area contributed by atoms with Crippen molar-refractivity contribution in [2.24, 2.45) is 7.05 Å². The Balaban J connectivity index is 2.51. The van der Waals surface area contributed by atoms with E-state index in [1.165, 1.54) is 27.9 Å². The lowest BCUT2D eigenvalue weighted by Gasteiger charge is -2.09. The average molecular weight is 243 g/mol. The van der Waals surface area contributed by atoms with Gasteiger partial charge in [0.2, 0.25) is 0 Å². The molecule has 1 aromatic heterocycles. The summed E-state index contributed by atoms with van der Waals surface area (Å²) in [5, 5.41) is 7.66. The minimum atomic E-state index is 0.803. The standard InChI is InChI=1S/C15H21N3/c1-10-6-12(3)14(7-11(10)2)15-8-13(9-16-4)17-18(15)5/h6-8,16H,9H2,1-5H3. The summed E-state index contributed by atoms with van der Waals surface area (Å²) in [7, 11) is 3.94. The molecular weight excluding hydrogens is 222 g/mol. The Labute approximate surface area is 109 Å². The first-order valence-electron chi connectivity index (χ1n) is 6.28. The molecule has 0 amide bonds. The Kier molecular flexibility index (Phi) is 3.53. The maximum atomic E-state index is 4.52. The van der Waals surface area contributed by atoms with Gasteiger partial charge >= 0.3 is 0 Å². The smallest absolute Gasteiger partial charge is 0.0768 e. The number of nitrogens with one attached hydrogen (secondary N) is 1. The van der Waals surface area contributed by atoms with E-state index < -0.39 is 0 Å². The number of rotatable bonds is 3. The van der Waals surface area contributed by atoms with Crippen molar-refractivity contribution < 1.29 is 0 Å². The first-order chi connectivity index (χ1) is 8.52. The molecular formula is C15H21N3. The van der Waals surface area contributed by atoms with Crippen LogP contribution < -0.4 is 5.32 Å². The molecule has 1 N–H and O–H groups in total. The molecule has 0 spiro atoms. The van der Waals surface area contributed by atoms with Gasteiger partial charge in [0.15, 0.2) is 0 Å². The zero-order chi connectivity index (χ0) is 13.3. The number of aromatic nitrogens is 2. The summed E-state index contributed by atoms with van der Waals surface area (Å²) >= 11 is 0. The summed E-state index contributed by atoms with van der Waals surface area (Å²) in [5.74, 6) is 0. The summed E-state index contributed by atoms with van der Waals surface area (Å²) < 4.78 is 1.96. The normalized spacial score (nSPS) is 10.9. The van der Waals surface area contributed by atoms with Crippen LogP contribution in [0.25, 0.3) is 11.3 Å². The van der Waals surface area contributed by atoms with Crippen molar-refractivity contribution in [3.05, 3.63) is 40.6 Å². The van der Waals surface area contributed by atoms with E-state index in [0.29, 0.717) is 0 Å². The Hall–Kier alpha value is -1.61. The lowest BCUT2D eigenvalue weighted by Crippen LogP contribution is -2.05. The molecule has 2 aromatic rings. The molecule has 0 atom stereocenters. The minimum Gasteiger partial charge on any atom is -0.314 e. The summed E-state index contributed by atoms with van der Waals surface area (Å²) in [4.78, 5) is 0. The highest BCUT2D eigenvalue weighted by atomic mass is 15.3. The third kappa shape index (κ3) is 2.31. The van der Waals surface area contributed by atoms with Gasteiger partial charge in [-0.3, -0.25) is 4.68 Å². The van der Waals surface area contributed by atoms with Crippen molar-refractivity contribution in [3.63, 3.8) is 0 Å². The van der Waals surface area contributed by atoms with Gasteiger partial charge in [-0.1, -0.05) is 6.07 Å². The van der Waals surface area contributed by atoms with Crippen LogP contribution in [-0.2, 0) is 13.6 Å². The third-order valence-electron chi connectivity index (χ3n) is 3.40. The highest BCUT2D eigenvalue weighted by Gasteiger charge is 2.10. The van der Waals surface area contributed by atoms with Gasteiger partial charge in [-0.05, 0) is 56.6 Å². The van der Waals surface area contributed by atoms with Gasteiger partial charge in [0.1, 0.15) is 0 Å². The van der Waals surface area contributed by atoms with Gasteiger partial charge in [0.25, 0.3) is 0 Å². The van der Waals surface area contributed by atoms with Crippen LogP contribution in [0.4, 0.5) is 0 Å². The van der Waals surface area contributed by atoms with Gasteiger partial charge in [-0.15, -0.1) is 0 Å². The molecule has 2 rings (SSSR count). The van der Waals surface area contributed by atoms with Crippen molar-refractivity contribution in [1.29, 1.82) is 0 Å². The monoisotopic (exact) mass is 243 g/mol. The Morgan fingerprint density at radius 3 is 2.39 bits per heavy atom. The summed E-state index contributed by atoms with van der Waals surface area (Å²) in [6, 6.07) is 6.66. The topological polar surface area (TPSA) is 29.9 Å². The second kappa shape index (κ2) is 4.94. The first kappa shape index (κ1) is 12.8. The first-order valence-corrected chi connectivity index (χ1v) is 6.28. The quantitative estimate of drug-likeness (QED) is 0.898. The fourth-order valence-corrected chi connectivity index (χ4v) is 2.28. The van der Waals surface area contributed by atoms with Gasteiger partial charge in [0, 0.05) is 19.2 Å². The summed E-state index contributed by atoms with van der Waals surface area (Å²) in [5.41, 5.74) is 7.50. The lowest BCUT2D eigenvalue weighted by atomic mass is 9.98. The SMILES string of the molecule is CNCc1cc(-c2cc(C)c(C)cc2C)n(C)n1. The molecule has 0 aliphatic rings. The maximum Gasteiger partial charge on any atom is 0.0768 e. The molecule has 0 saturated carbocycles. The molecule has 1 aromatic carbocycles.